The van der Waals surface area contributed by atoms with Crippen molar-refractivity contribution in [3.8, 4) is 0 Å². The summed E-state index contributed by atoms with van der Waals surface area (Å²) in [6.07, 6.45) is 4.00. The van der Waals surface area contributed by atoms with Gasteiger partial charge in [-0.25, -0.2) is 0 Å². The lowest BCUT2D eigenvalue weighted by molar-refractivity contribution is -0.116. The van der Waals surface area contributed by atoms with E-state index in [1.165, 1.54) is 6.21 Å². The molecular weight excluding hydrogens is 379 g/mol. The van der Waals surface area contributed by atoms with Crippen molar-refractivity contribution in [1.29, 1.82) is 0 Å². The maximum absolute atomic E-state index is 12.5. The van der Waals surface area contributed by atoms with E-state index in [0.717, 1.165) is 17.7 Å². The molecule has 25 heavy (non-hydrogen) atoms. The first-order chi connectivity index (χ1) is 11.9. The highest BCUT2D eigenvalue weighted by Gasteiger charge is 2.30. The standard InChI is InChI=1S/C17H18Cl2N4OS/c1-17(5-6-25-16(20)23-17)10-3-2-4-12(7-10)22-15(24)14-13(19)8-11(18)9-21-14/h2-4,7-9,11,14H,5-6H2,1H3,(H2,20,23)(H,22,24)/t11?,14?,17-/m0/s1. The molecule has 3 atom stereocenters. The van der Waals surface area contributed by atoms with Crippen LogP contribution in [0.2, 0.25) is 0 Å². The molecule has 0 aromatic heterocycles. The molecule has 2 unspecified atom stereocenters. The molecule has 3 N–H and O–H groups in total. The number of alkyl halides is 1. The van der Waals surface area contributed by atoms with Gasteiger partial charge in [0.2, 0.25) is 0 Å². The van der Waals surface area contributed by atoms with Crippen molar-refractivity contribution in [1.82, 2.24) is 0 Å². The molecule has 1 aromatic rings. The van der Waals surface area contributed by atoms with Gasteiger partial charge in [-0.3, -0.25) is 14.8 Å². The summed E-state index contributed by atoms with van der Waals surface area (Å²) in [6.45, 7) is 2.05. The third-order valence-electron chi connectivity index (χ3n) is 4.15. The van der Waals surface area contributed by atoms with Crippen LogP contribution >= 0.6 is 35.0 Å². The van der Waals surface area contributed by atoms with Crippen molar-refractivity contribution in [2.75, 3.05) is 11.1 Å². The fourth-order valence-corrected chi connectivity index (χ4v) is 4.29. The monoisotopic (exact) mass is 396 g/mol. The molecular formula is C17H18Cl2N4OS. The average molecular weight is 397 g/mol. The van der Waals surface area contributed by atoms with Gasteiger partial charge in [-0.15, -0.1) is 11.6 Å². The number of amidine groups is 1. The molecule has 2 aliphatic rings. The van der Waals surface area contributed by atoms with Crippen LogP contribution in [0.3, 0.4) is 0 Å². The van der Waals surface area contributed by atoms with E-state index in [4.69, 9.17) is 28.9 Å². The van der Waals surface area contributed by atoms with Crippen LogP contribution in [-0.4, -0.2) is 34.5 Å². The number of carbonyl (C=O) groups excluding carboxylic acids is 1. The van der Waals surface area contributed by atoms with Crippen LogP contribution in [0.5, 0.6) is 0 Å². The predicted molar refractivity (Wildman–Crippen MR) is 107 cm³/mol. The van der Waals surface area contributed by atoms with Gasteiger partial charge in [0.1, 0.15) is 0 Å². The second-order valence-electron chi connectivity index (χ2n) is 6.09. The summed E-state index contributed by atoms with van der Waals surface area (Å²) in [5.41, 5.74) is 7.17. The molecule has 0 aliphatic carbocycles. The summed E-state index contributed by atoms with van der Waals surface area (Å²) in [4.78, 5) is 21.2. The Morgan fingerprint density at radius 3 is 3.00 bits per heavy atom. The maximum Gasteiger partial charge on any atom is 0.254 e. The molecule has 2 heterocycles. The smallest absolute Gasteiger partial charge is 0.254 e. The molecule has 132 valence electrons. The van der Waals surface area contributed by atoms with E-state index in [1.807, 2.05) is 31.2 Å². The minimum absolute atomic E-state index is 0.300. The van der Waals surface area contributed by atoms with E-state index in [2.05, 4.69) is 15.3 Å². The number of hydrogen-bond donors (Lipinski definition) is 2. The summed E-state index contributed by atoms with van der Waals surface area (Å²) in [7, 11) is 0. The third-order valence-corrected chi connectivity index (χ3v) is 5.52. The Morgan fingerprint density at radius 2 is 2.28 bits per heavy atom. The van der Waals surface area contributed by atoms with Gasteiger partial charge in [0.25, 0.3) is 5.91 Å². The van der Waals surface area contributed by atoms with Gasteiger partial charge in [0, 0.05) is 22.7 Å². The molecule has 2 aliphatic heterocycles. The number of rotatable bonds is 3. The van der Waals surface area contributed by atoms with E-state index in [-0.39, 0.29) is 16.8 Å². The molecule has 0 bridgehead atoms. The van der Waals surface area contributed by atoms with Crippen LogP contribution in [0.15, 0.2) is 45.4 Å². The Morgan fingerprint density at radius 1 is 1.48 bits per heavy atom. The number of thioether (sulfide) groups is 1. The summed E-state index contributed by atoms with van der Waals surface area (Å²) >= 11 is 13.6. The summed E-state index contributed by atoms with van der Waals surface area (Å²) in [5.74, 6) is 0.615. The minimum atomic E-state index is -0.768. The lowest BCUT2D eigenvalue weighted by Gasteiger charge is -2.30. The highest BCUT2D eigenvalue weighted by molar-refractivity contribution is 8.13. The Bertz CT molecular complexity index is 780. The van der Waals surface area contributed by atoms with Crippen LogP contribution < -0.4 is 11.1 Å². The lowest BCUT2D eigenvalue weighted by Crippen LogP contribution is -2.30. The molecule has 0 saturated heterocycles. The first-order valence-electron chi connectivity index (χ1n) is 7.81. The third kappa shape index (κ3) is 4.19. The van der Waals surface area contributed by atoms with Crippen molar-refractivity contribution < 1.29 is 4.79 Å². The quantitative estimate of drug-likeness (QED) is 0.767. The second-order valence-corrected chi connectivity index (χ2v) is 8.14. The molecule has 1 amide bonds. The molecule has 0 fully saturated rings. The highest BCUT2D eigenvalue weighted by atomic mass is 35.5. The molecule has 3 rings (SSSR count). The lowest BCUT2D eigenvalue weighted by atomic mass is 9.89. The number of nitrogens with two attached hydrogens (primary N) is 1. The largest absolute Gasteiger partial charge is 0.379 e. The summed E-state index contributed by atoms with van der Waals surface area (Å²) in [6, 6.07) is 6.85. The maximum atomic E-state index is 12.5. The van der Waals surface area contributed by atoms with E-state index in [1.54, 1.807) is 17.8 Å². The van der Waals surface area contributed by atoms with Gasteiger partial charge < -0.3 is 11.1 Å². The van der Waals surface area contributed by atoms with E-state index < -0.39 is 6.04 Å². The van der Waals surface area contributed by atoms with Crippen molar-refractivity contribution >= 4 is 57.9 Å². The van der Waals surface area contributed by atoms with Gasteiger partial charge in [-0.05, 0) is 37.1 Å². The zero-order valence-corrected chi connectivity index (χ0v) is 15.9. The van der Waals surface area contributed by atoms with E-state index >= 15 is 0 Å². The van der Waals surface area contributed by atoms with E-state index in [0.29, 0.717) is 15.9 Å². The predicted octanol–water partition coefficient (Wildman–Crippen LogP) is 3.48. The number of anilines is 1. The topological polar surface area (TPSA) is 79.8 Å². The number of nitrogens with one attached hydrogen (secondary N) is 1. The number of dihydropyridines is 1. The zero-order chi connectivity index (χ0) is 18.0. The Kier molecular flexibility index (Phi) is 5.41. The highest BCUT2D eigenvalue weighted by Crippen LogP contribution is 2.36. The average Bonchev–Trinajstić information content (AvgIpc) is 2.54. The van der Waals surface area contributed by atoms with Gasteiger partial charge in [0.15, 0.2) is 11.2 Å². The second kappa shape index (κ2) is 7.40. The van der Waals surface area contributed by atoms with Gasteiger partial charge in [0.05, 0.1) is 10.9 Å². The van der Waals surface area contributed by atoms with Crippen molar-refractivity contribution in [3.63, 3.8) is 0 Å². The van der Waals surface area contributed by atoms with Crippen molar-refractivity contribution in [3.05, 3.63) is 40.9 Å². The summed E-state index contributed by atoms with van der Waals surface area (Å²) < 4.78 is 0. The minimum Gasteiger partial charge on any atom is -0.379 e. The first-order valence-corrected chi connectivity index (χ1v) is 9.61. The normalized spacial score (nSPS) is 28.9. The molecule has 1 aromatic carbocycles. The van der Waals surface area contributed by atoms with Crippen LogP contribution in [0, 0.1) is 0 Å². The molecule has 8 heteroatoms. The molecule has 0 radical (unpaired) electrons. The molecule has 0 spiro atoms. The number of aliphatic imine (C=N–C) groups is 2. The van der Waals surface area contributed by atoms with Gasteiger partial charge in [-0.1, -0.05) is 35.5 Å². The fraction of sp³-hybridized carbons (Fsp3) is 0.353. The van der Waals surface area contributed by atoms with E-state index in [9.17, 15) is 4.79 Å². The number of halogens is 2. The number of hydrogen-bond acceptors (Lipinski definition) is 5. The van der Waals surface area contributed by atoms with Gasteiger partial charge in [-0.2, -0.15) is 0 Å². The van der Waals surface area contributed by atoms with Gasteiger partial charge >= 0.3 is 0 Å². The van der Waals surface area contributed by atoms with Crippen molar-refractivity contribution in [2.24, 2.45) is 15.7 Å². The Labute approximate surface area is 160 Å². The molecule has 5 nitrogen and oxygen atoms in total. The number of nitrogens with zero attached hydrogens (tertiary/aromatic N) is 2. The number of benzene rings is 1. The van der Waals surface area contributed by atoms with Crippen LogP contribution in [0.4, 0.5) is 5.69 Å². The summed E-state index contributed by atoms with van der Waals surface area (Å²) in [5, 5.41) is 3.39. The van der Waals surface area contributed by atoms with Crippen LogP contribution in [0.25, 0.3) is 0 Å². The van der Waals surface area contributed by atoms with Crippen molar-refractivity contribution in [2.45, 2.75) is 30.3 Å². The first kappa shape index (κ1) is 18.3. The number of amides is 1. The molecule has 0 saturated carbocycles. The Hall–Kier alpha value is -1.50. The Balaban J connectivity index is 1.79. The van der Waals surface area contributed by atoms with Crippen LogP contribution in [0.1, 0.15) is 18.9 Å². The fourth-order valence-electron chi connectivity index (χ4n) is 2.76. The number of carbonyl (C=O) groups is 1. The van der Waals surface area contributed by atoms with Crippen LogP contribution in [-0.2, 0) is 10.3 Å². The number of allylic oxidation sites excluding steroid dienone is 1. The SMILES string of the molecule is C[C@@]1(c2cccc(NC(=O)C3N=CC(Cl)C=C3Cl)c2)CCSC(N)=N1. The zero-order valence-electron chi connectivity index (χ0n) is 13.6.